The van der Waals surface area contributed by atoms with E-state index in [2.05, 4.69) is 18.4 Å². The molecule has 0 radical (unpaired) electrons. The normalized spacial score (nSPS) is 9.09. The van der Waals surface area contributed by atoms with Crippen molar-refractivity contribution in [3.63, 3.8) is 0 Å². The molecule has 0 fully saturated rings. The molecule has 0 aliphatic rings. The first kappa shape index (κ1) is 20.2. The van der Waals surface area contributed by atoms with Crippen LogP contribution < -0.4 is 10.5 Å². The van der Waals surface area contributed by atoms with Gasteiger partial charge in [-0.25, -0.2) is 0 Å². The molecule has 0 aliphatic heterocycles. The summed E-state index contributed by atoms with van der Waals surface area (Å²) in [5, 5.41) is -0.252. The first-order chi connectivity index (χ1) is 10.3. The number of methoxy groups -OCH3 is 1. The predicted octanol–water partition coefficient (Wildman–Crippen LogP) is 2.13. The number of nitrogens with zero attached hydrogens (tertiary/aromatic N) is 1. The van der Waals surface area contributed by atoms with Crippen LogP contribution in [0.15, 0.2) is 24.3 Å². The second-order valence-corrected chi connectivity index (χ2v) is 5.04. The van der Waals surface area contributed by atoms with E-state index in [1.807, 2.05) is 0 Å². The zero-order chi connectivity index (χ0) is 17.1. The molecule has 0 aliphatic carbocycles. The highest BCUT2D eigenvalue weighted by atomic mass is 32.1. The summed E-state index contributed by atoms with van der Waals surface area (Å²) >= 11 is 8.06. The van der Waals surface area contributed by atoms with Crippen LogP contribution in [0.4, 0.5) is 4.79 Å². The molecule has 0 aromatic heterocycles. The van der Waals surface area contributed by atoms with Gasteiger partial charge in [-0.15, -0.1) is 0 Å². The van der Waals surface area contributed by atoms with Gasteiger partial charge >= 0.3 is 0 Å². The van der Waals surface area contributed by atoms with E-state index in [9.17, 15) is 4.79 Å². The van der Waals surface area contributed by atoms with E-state index in [-0.39, 0.29) is 5.78 Å². The van der Waals surface area contributed by atoms with Gasteiger partial charge in [-0.05, 0) is 36.5 Å². The van der Waals surface area contributed by atoms with E-state index in [1.165, 1.54) is 0 Å². The monoisotopic (exact) mass is 344 g/mol. The summed E-state index contributed by atoms with van der Waals surface area (Å²) in [5.74, 6) is 0.760. The number of primary amides is 1. The third-order valence-corrected chi connectivity index (χ3v) is 2.81. The molecular weight excluding hydrogens is 324 g/mol. The van der Waals surface area contributed by atoms with Gasteiger partial charge < -0.3 is 20.1 Å². The number of hydrogen-bond donors (Lipinski definition) is 2. The fourth-order valence-electron chi connectivity index (χ4n) is 1.28. The first-order valence-electron chi connectivity index (χ1n) is 6.27. The molecule has 1 aromatic rings. The second-order valence-electron chi connectivity index (χ2n) is 4.25. The third kappa shape index (κ3) is 9.19. The van der Waals surface area contributed by atoms with E-state index < -0.39 is 5.24 Å². The average Bonchev–Trinajstić information content (AvgIpc) is 2.46. The summed E-state index contributed by atoms with van der Waals surface area (Å²) in [6.45, 7) is 0.294. The highest BCUT2D eigenvalue weighted by molar-refractivity contribution is 7.96. The lowest BCUT2D eigenvalue weighted by atomic mass is 10.1. The van der Waals surface area contributed by atoms with Gasteiger partial charge in [-0.1, -0.05) is 12.6 Å². The smallest absolute Gasteiger partial charge is 0.273 e. The quantitative estimate of drug-likeness (QED) is 0.484. The number of benzene rings is 1. The minimum atomic E-state index is -0.639. The Morgan fingerprint density at radius 2 is 1.77 bits per heavy atom. The lowest BCUT2D eigenvalue weighted by Gasteiger charge is -2.13. The summed E-state index contributed by atoms with van der Waals surface area (Å²) < 4.78 is 10.3. The number of carbonyl (C=O) groups is 2. The Morgan fingerprint density at radius 1 is 1.27 bits per heavy atom. The number of amides is 1. The molecule has 6 nitrogen and oxygen atoms in total. The standard InChI is InChI=1S/C13H17NO3S.CH3NOS/c1-14(2)13(18)17-9-8-12(15)10-4-6-11(16-3)7-5-10;2-1(3)4/h4-7H,8-9H2,1-3H3;(H3,2,3,4). The molecule has 0 saturated heterocycles. The Balaban J connectivity index is 0.000000980. The van der Waals surface area contributed by atoms with E-state index in [1.54, 1.807) is 50.4 Å². The number of nitrogens with two attached hydrogens (primary N) is 1. The Labute approximate surface area is 141 Å². The highest BCUT2D eigenvalue weighted by Gasteiger charge is 2.07. The van der Waals surface area contributed by atoms with Crippen LogP contribution in [0, 0.1) is 0 Å². The Kier molecular flexibility index (Phi) is 9.97. The number of ketones is 1. The van der Waals surface area contributed by atoms with Crippen molar-refractivity contribution in [1.82, 2.24) is 4.90 Å². The molecule has 1 amide bonds. The van der Waals surface area contributed by atoms with Crippen LogP contribution in [0.25, 0.3) is 0 Å². The van der Waals surface area contributed by atoms with Crippen molar-refractivity contribution in [3.8, 4) is 5.75 Å². The van der Waals surface area contributed by atoms with Crippen molar-refractivity contribution in [2.75, 3.05) is 27.8 Å². The van der Waals surface area contributed by atoms with Gasteiger partial charge in [0.05, 0.1) is 13.7 Å². The highest BCUT2D eigenvalue weighted by Crippen LogP contribution is 2.12. The van der Waals surface area contributed by atoms with Crippen molar-refractivity contribution in [3.05, 3.63) is 29.8 Å². The molecule has 0 heterocycles. The molecular formula is C14H20N2O4S2. The summed E-state index contributed by atoms with van der Waals surface area (Å²) in [5.41, 5.74) is 4.98. The largest absolute Gasteiger partial charge is 0.497 e. The summed E-state index contributed by atoms with van der Waals surface area (Å²) in [4.78, 5) is 22.6. The van der Waals surface area contributed by atoms with Gasteiger partial charge in [0.15, 0.2) is 5.78 Å². The second kappa shape index (κ2) is 10.9. The molecule has 22 heavy (non-hydrogen) atoms. The first-order valence-corrected chi connectivity index (χ1v) is 7.13. The number of ether oxygens (including phenoxy) is 2. The maximum Gasteiger partial charge on any atom is 0.273 e. The zero-order valence-electron chi connectivity index (χ0n) is 12.7. The van der Waals surface area contributed by atoms with Crippen LogP contribution in [0.1, 0.15) is 16.8 Å². The summed E-state index contributed by atoms with van der Waals surface area (Å²) in [7, 11) is 5.19. The van der Waals surface area contributed by atoms with Crippen LogP contribution in [-0.4, -0.2) is 48.9 Å². The van der Waals surface area contributed by atoms with Gasteiger partial charge in [-0.3, -0.25) is 9.59 Å². The predicted molar refractivity (Wildman–Crippen MR) is 92.7 cm³/mol. The van der Waals surface area contributed by atoms with E-state index in [0.29, 0.717) is 23.8 Å². The Bertz CT molecular complexity index is 500. The van der Waals surface area contributed by atoms with Gasteiger partial charge in [0, 0.05) is 26.1 Å². The number of carbonyl (C=O) groups excluding carboxylic acids is 2. The molecule has 0 atom stereocenters. The molecule has 0 unspecified atom stereocenters. The van der Waals surface area contributed by atoms with E-state index >= 15 is 0 Å². The van der Waals surface area contributed by atoms with Crippen LogP contribution >= 0.6 is 24.8 Å². The SMILES string of the molecule is COc1ccc(C(=O)CCOC(=S)N(C)C)cc1.NC(=O)S. The molecule has 1 aromatic carbocycles. The van der Waals surface area contributed by atoms with Crippen LogP contribution in [0.5, 0.6) is 5.75 Å². The fraction of sp³-hybridized carbons (Fsp3) is 0.357. The number of Topliss-reactive ketones (excluding diaryl/α,β-unsaturated/α-hetero) is 1. The zero-order valence-corrected chi connectivity index (χ0v) is 14.4. The molecule has 8 heteroatoms. The lowest BCUT2D eigenvalue weighted by molar-refractivity contribution is 0.0956. The van der Waals surface area contributed by atoms with Crippen molar-refractivity contribution in [2.45, 2.75) is 6.42 Å². The molecule has 0 saturated carbocycles. The number of hydrogen-bond acceptors (Lipinski definition) is 5. The number of thiol groups is 1. The van der Waals surface area contributed by atoms with Crippen molar-refractivity contribution < 1.29 is 19.1 Å². The van der Waals surface area contributed by atoms with Crippen LogP contribution in [0.2, 0.25) is 0 Å². The van der Waals surface area contributed by atoms with Gasteiger partial charge in [0.25, 0.3) is 10.4 Å². The van der Waals surface area contributed by atoms with Gasteiger partial charge in [0.2, 0.25) is 0 Å². The van der Waals surface area contributed by atoms with E-state index in [4.69, 9.17) is 26.5 Å². The summed E-state index contributed by atoms with van der Waals surface area (Å²) in [6, 6.07) is 7.01. The fourth-order valence-corrected chi connectivity index (χ4v) is 1.36. The number of rotatable bonds is 5. The maximum absolute atomic E-state index is 11.8. The minimum absolute atomic E-state index is 0.0270. The van der Waals surface area contributed by atoms with Crippen molar-refractivity contribution in [2.24, 2.45) is 5.73 Å². The van der Waals surface area contributed by atoms with Crippen molar-refractivity contribution >= 4 is 41.0 Å². The topological polar surface area (TPSA) is 81.9 Å². The Hall–Kier alpha value is -1.80. The van der Waals surface area contributed by atoms with Crippen LogP contribution in [-0.2, 0) is 4.74 Å². The molecule has 0 spiro atoms. The number of thiocarbonyl (C=S) groups is 1. The van der Waals surface area contributed by atoms with Crippen molar-refractivity contribution in [1.29, 1.82) is 0 Å². The molecule has 1 rings (SSSR count). The molecule has 122 valence electrons. The average molecular weight is 344 g/mol. The van der Waals surface area contributed by atoms with Crippen LogP contribution in [0.3, 0.4) is 0 Å². The van der Waals surface area contributed by atoms with Gasteiger partial charge in [0.1, 0.15) is 5.75 Å². The minimum Gasteiger partial charge on any atom is -0.497 e. The van der Waals surface area contributed by atoms with Gasteiger partial charge in [-0.2, -0.15) is 0 Å². The molecule has 0 bridgehead atoms. The Morgan fingerprint density at radius 3 is 2.18 bits per heavy atom. The lowest BCUT2D eigenvalue weighted by Crippen LogP contribution is -2.23. The third-order valence-electron chi connectivity index (χ3n) is 2.33. The summed E-state index contributed by atoms with van der Waals surface area (Å²) in [6.07, 6.45) is 0.306. The maximum atomic E-state index is 11.8. The van der Waals surface area contributed by atoms with E-state index in [0.717, 1.165) is 5.75 Å². The molecule has 2 N–H and O–H groups in total.